The topological polar surface area (TPSA) is 42.2 Å². The summed E-state index contributed by atoms with van der Waals surface area (Å²) in [6.07, 6.45) is 4.27. The third-order valence-electron chi connectivity index (χ3n) is 3.97. The lowest BCUT2D eigenvalue weighted by Crippen LogP contribution is -2.13. The third kappa shape index (κ3) is 2.22. The molecule has 0 radical (unpaired) electrons. The van der Waals surface area contributed by atoms with Gasteiger partial charge in [-0.05, 0) is 54.8 Å². The van der Waals surface area contributed by atoms with E-state index in [0.717, 1.165) is 36.9 Å². The van der Waals surface area contributed by atoms with Gasteiger partial charge in [0.25, 0.3) is 0 Å². The molecule has 1 aliphatic carbocycles. The van der Waals surface area contributed by atoms with Crippen molar-refractivity contribution in [3.05, 3.63) is 47.9 Å². The van der Waals surface area contributed by atoms with Gasteiger partial charge in [-0.15, -0.1) is 0 Å². The molecule has 0 unspecified atom stereocenters. The van der Waals surface area contributed by atoms with Crippen LogP contribution in [-0.4, -0.2) is 15.6 Å². The van der Waals surface area contributed by atoms with Crippen LogP contribution in [0.25, 0.3) is 11.3 Å². The SMILES string of the molecule is O=C(O)c1ccc(-c2ccc(F)cc2)n1C1CCCC1. The smallest absolute Gasteiger partial charge is 0.352 e. The summed E-state index contributed by atoms with van der Waals surface area (Å²) in [6.45, 7) is 0. The molecule has 0 saturated heterocycles. The highest BCUT2D eigenvalue weighted by molar-refractivity contribution is 5.87. The molecule has 0 spiro atoms. The Morgan fingerprint density at radius 2 is 1.75 bits per heavy atom. The molecule has 3 nitrogen and oxygen atoms in total. The first-order valence-electron chi connectivity index (χ1n) is 6.87. The standard InChI is InChI=1S/C16H16FNO2/c17-12-7-5-11(6-8-12)14-9-10-15(16(19)20)18(14)13-3-1-2-4-13/h5-10,13H,1-4H2,(H,19,20). The molecule has 3 rings (SSSR count). The van der Waals surface area contributed by atoms with Crippen molar-refractivity contribution in [2.45, 2.75) is 31.7 Å². The summed E-state index contributed by atoms with van der Waals surface area (Å²) in [5.74, 6) is -1.20. The summed E-state index contributed by atoms with van der Waals surface area (Å²) < 4.78 is 14.9. The molecule has 1 fully saturated rings. The predicted molar refractivity (Wildman–Crippen MR) is 74.3 cm³/mol. The molecular formula is C16H16FNO2. The van der Waals surface area contributed by atoms with E-state index in [-0.39, 0.29) is 11.9 Å². The van der Waals surface area contributed by atoms with Crippen molar-refractivity contribution in [1.29, 1.82) is 0 Å². The van der Waals surface area contributed by atoms with Gasteiger partial charge in [0.15, 0.2) is 0 Å². The van der Waals surface area contributed by atoms with Crippen molar-refractivity contribution in [2.75, 3.05) is 0 Å². The maximum Gasteiger partial charge on any atom is 0.352 e. The van der Waals surface area contributed by atoms with Gasteiger partial charge in [-0.2, -0.15) is 0 Å². The zero-order valence-electron chi connectivity index (χ0n) is 11.1. The van der Waals surface area contributed by atoms with Crippen LogP contribution in [0, 0.1) is 5.82 Å². The monoisotopic (exact) mass is 273 g/mol. The Morgan fingerprint density at radius 1 is 1.10 bits per heavy atom. The second-order valence-electron chi connectivity index (χ2n) is 5.22. The van der Waals surface area contributed by atoms with Crippen LogP contribution < -0.4 is 0 Å². The fourth-order valence-electron chi connectivity index (χ4n) is 3.03. The molecule has 1 heterocycles. The van der Waals surface area contributed by atoms with Crippen LogP contribution in [-0.2, 0) is 0 Å². The van der Waals surface area contributed by atoms with Crippen LogP contribution >= 0.6 is 0 Å². The number of carbonyl (C=O) groups is 1. The summed E-state index contributed by atoms with van der Waals surface area (Å²) in [5.41, 5.74) is 2.02. The van der Waals surface area contributed by atoms with E-state index in [1.165, 1.54) is 12.1 Å². The number of carboxylic acids is 1. The molecule has 0 aliphatic heterocycles. The molecule has 2 aromatic rings. The average Bonchev–Trinajstić information content (AvgIpc) is 3.08. The third-order valence-corrected chi connectivity index (χ3v) is 3.97. The lowest BCUT2D eigenvalue weighted by Gasteiger charge is -2.18. The van der Waals surface area contributed by atoms with Crippen molar-refractivity contribution < 1.29 is 14.3 Å². The van der Waals surface area contributed by atoms with Crippen LogP contribution in [0.4, 0.5) is 4.39 Å². The number of rotatable bonds is 3. The van der Waals surface area contributed by atoms with Crippen LogP contribution in [0.3, 0.4) is 0 Å². The van der Waals surface area contributed by atoms with E-state index in [0.29, 0.717) is 5.69 Å². The van der Waals surface area contributed by atoms with Gasteiger partial charge in [0.1, 0.15) is 11.5 Å². The van der Waals surface area contributed by atoms with E-state index >= 15 is 0 Å². The molecule has 1 aromatic carbocycles. The summed E-state index contributed by atoms with van der Waals surface area (Å²) in [6, 6.07) is 9.89. The zero-order chi connectivity index (χ0) is 14.1. The predicted octanol–water partition coefficient (Wildman–Crippen LogP) is 4.11. The number of aromatic nitrogens is 1. The number of benzene rings is 1. The Balaban J connectivity index is 2.10. The number of carboxylic acid groups (broad SMARTS) is 1. The van der Waals surface area contributed by atoms with Gasteiger partial charge >= 0.3 is 5.97 Å². The van der Waals surface area contributed by atoms with Crippen molar-refractivity contribution in [2.24, 2.45) is 0 Å². The summed E-state index contributed by atoms with van der Waals surface area (Å²) >= 11 is 0. The van der Waals surface area contributed by atoms with Crippen LogP contribution in [0.15, 0.2) is 36.4 Å². The van der Waals surface area contributed by atoms with E-state index in [4.69, 9.17) is 0 Å². The molecule has 0 bridgehead atoms. The van der Waals surface area contributed by atoms with Gasteiger partial charge in [-0.25, -0.2) is 9.18 Å². The van der Waals surface area contributed by atoms with Gasteiger partial charge in [-0.3, -0.25) is 0 Å². The molecule has 1 saturated carbocycles. The van der Waals surface area contributed by atoms with Crippen LogP contribution in [0.1, 0.15) is 42.2 Å². The van der Waals surface area contributed by atoms with Gasteiger partial charge in [-0.1, -0.05) is 12.8 Å². The zero-order valence-corrected chi connectivity index (χ0v) is 11.1. The number of aromatic carboxylic acids is 1. The highest BCUT2D eigenvalue weighted by Gasteiger charge is 2.24. The fraction of sp³-hybridized carbons (Fsp3) is 0.312. The average molecular weight is 273 g/mol. The van der Waals surface area contributed by atoms with E-state index in [9.17, 15) is 14.3 Å². The van der Waals surface area contributed by atoms with E-state index in [1.54, 1.807) is 18.2 Å². The maximum atomic E-state index is 13.0. The first kappa shape index (κ1) is 12.9. The number of hydrogen-bond donors (Lipinski definition) is 1. The lowest BCUT2D eigenvalue weighted by atomic mass is 10.1. The second kappa shape index (κ2) is 5.12. The first-order chi connectivity index (χ1) is 9.66. The van der Waals surface area contributed by atoms with Crippen LogP contribution in [0.5, 0.6) is 0 Å². The highest BCUT2D eigenvalue weighted by Crippen LogP contribution is 2.35. The minimum absolute atomic E-state index is 0.233. The number of halogens is 1. The Morgan fingerprint density at radius 3 is 2.35 bits per heavy atom. The lowest BCUT2D eigenvalue weighted by molar-refractivity contribution is 0.0683. The van der Waals surface area contributed by atoms with Crippen molar-refractivity contribution in [3.63, 3.8) is 0 Å². The fourth-order valence-corrected chi connectivity index (χ4v) is 3.03. The number of nitrogens with zero attached hydrogens (tertiary/aromatic N) is 1. The molecular weight excluding hydrogens is 257 g/mol. The van der Waals surface area contributed by atoms with Crippen molar-refractivity contribution in [1.82, 2.24) is 4.57 Å². The molecule has 1 aliphatic rings. The Kier molecular flexibility index (Phi) is 3.30. The Bertz CT molecular complexity index is 624. The molecule has 20 heavy (non-hydrogen) atoms. The molecule has 0 atom stereocenters. The summed E-state index contributed by atoms with van der Waals surface area (Å²) in [4.78, 5) is 11.4. The van der Waals surface area contributed by atoms with E-state index in [2.05, 4.69) is 0 Å². The second-order valence-corrected chi connectivity index (χ2v) is 5.22. The summed E-state index contributed by atoms with van der Waals surface area (Å²) in [7, 11) is 0. The van der Waals surface area contributed by atoms with Crippen molar-refractivity contribution in [3.8, 4) is 11.3 Å². The minimum atomic E-state index is -0.912. The van der Waals surface area contributed by atoms with Gasteiger partial charge in [0.2, 0.25) is 0 Å². The molecule has 104 valence electrons. The van der Waals surface area contributed by atoms with Gasteiger partial charge < -0.3 is 9.67 Å². The molecule has 4 heteroatoms. The Hall–Kier alpha value is -2.10. The summed E-state index contributed by atoms with van der Waals surface area (Å²) in [5, 5.41) is 9.35. The molecule has 1 aromatic heterocycles. The maximum absolute atomic E-state index is 13.0. The van der Waals surface area contributed by atoms with Gasteiger partial charge in [0.05, 0.1) is 0 Å². The van der Waals surface area contributed by atoms with E-state index in [1.807, 2.05) is 10.6 Å². The van der Waals surface area contributed by atoms with Crippen molar-refractivity contribution >= 4 is 5.97 Å². The highest BCUT2D eigenvalue weighted by atomic mass is 19.1. The largest absolute Gasteiger partial charge is 0.477 e. The van der Waals surface area contributed by atoms with Gasteiger partial charge in [0, 0.05) is 11.7 Å². The van der Waals surface area contributed by atoms with Crippen LogP contribution in [0.2, 0.25) is 0 Å². The van der Waals surface area contributed by atoms with E-state index < -0.39 is 5.97 Å². The Labute approximate surface area is 116 Å². The number of hydrogen-bond acceptors (Lipinski definition) is 1. The quantitative estimate of drug-likeness (QED) is 0.914. The molecule has 1 N–H and O–H groups in total. The first-order valence-corrected chi connectivity index (χ1v) is 6.87. The minimum Gasteiger partial charge on any atom is -0.477 e. The normalized spacial score (nSPS) is 15.7. The molecule has 0 amide bonds.